The minimum atomic E-state index is 0.608. The summed E-state index contributed by atoms with van der Waals surface area (Å²) in [7, 11) is 0. The molecule has 0 radical (unpaired) electrons. The van der Waals surface area contributed by atoms with Crippen molar-refractivity contribution in [3.8, 4) is 0 Å². The number of hydrogen-bond acceptors (Lipinski definition) is 6. The Morgan fingerprint density at radius 3 is 2.45 bits per heavy atom. The Bertz CT molecular complexity index is 941. The van der Waals surface area contributed by atoms with Crippen molar-refractivity contribution in [2.45, 2.75) is 6.42 Å². The lowest BCUT2D eigenvalue weighted by Gasteiger charge is -2.37. The van der Waals surface area contributed by atoms with E-state index in [2.05, 4.69) is 55.4 Å². The Kier molecular flexibility index (Phi) is 6.00. The molecule has 1 saturated heterocycles. The average Bonchev–Trinajstić information content (AvgIpc) is 2.76. The number of aromatic nitrogens is 2. The fourth-order valence-electron chi connectivity index (χ4n) is 3.60. The van der Waals surface area contributed by atoms with Gasteiger partial charge in [0.25, 0.3) is 0 Å². The lowest BCUT2D eigenvalue weighted by molar-refractivity contribution is 0.647. The van der Waals surface area contributed by atoms with Crippen LogP contribution >= 0.6 is 11.6 Å². The minimum Gasteiger partial charge on any atom is -0.393 e. The molecule has 0 saturated carbocycles. The Morgan fingerprint density at radius 2 is 1.69 bits per heavy atom. The topological polar surface area (TPSA) is 70.3 Å². The third kappa shape index (κ3) is 4.71. The molecule has 2 heterocycles. The molecule has 1 aliphatic heterocycles. The molecule has 6 nitrogen and oxygen atoms in total. The summed E-state index contributed by atoms with van der Waals surface area (Å²) in [6, 6.07) is 18.4. The van der Waals surface area contributed by atoms with Crippen LogP contribution in [-0.4, -0.2) is 42.7 Å². The van der Waals surface area contributed by atoms with Gasteiger partial charge in [0.05, 0.1) is 0 Å². The largest absolute Gasteiger partial charge is 0.393 e. The summed E-state index contributed by atoms with van der Waals surface area (Å²) in [6.45, 7) is 4.24. The zero-order chi connectivity index (χ0) is 20.1. The van der Waals surface area contributed by atoms with Gasteiger partial charge in [-0.25, -0.2) is 9.97 Å². The van der Waals surface area contributed by atoms with Gasteiger partial charge >= 0.3 is 0 Å². The Morgan fingerprint density at radius 1 is 0.931 bits per heavy atom. The predicted molar refractivity (Wildman–Crippen MR) is 121 cm³/mol. The molecule has 7 heteroatoms. The first-order valence-electron chi connectivity index (χ1n) is 9.84. The van der Waals surface area contributed by atoms with Crippen LogP contribution in [0.2, 0.25) is 5.02 Å². The van der Waals surface area contributed by atoms with Crippen LogP contribution in [0.15, 0.2) is 60.9 Å². The monoisotopic (exact) mass is 408 g/mol. The molecule has 0 aliphatic carbocycles. The number of nitrogens with one attached hydrogen (secondary N) is 1. The van der Waals surface area contributed by atoms with Gasteiger partial charge in [0.2, 0.25) is 0 Å². The molecule has 3 aromatic rings. The molecule has 0 unspecified atom stereocenters. The summed E-state index contributed by atoms with van der Waals surface area (Å²) in [4.78, 5) is 13.3. The Balaban J connectivity index is 1.37. The average molecular weight is 409 g/mol. The molecule has 2 aromatic carbocycles. The highest BCUT2D eigenvalue weighted by Gasteiger charge is 2.21. The van der Waals surface area contributed by atoms with Crippen molar-refractivity contribution in [3.05, 3.63) is 71.5 Å². The van der Waals surface area contributed by atoms with Crippen LogP contribution in [0.4, 0.5) is 23.0 Å². The van der Waals surface area contributed by atoms with Gasteiger partial charge < -0.3 is 20.9 Å². The first kappa shape index (κ1) is 19.3. The SMILES string of the molecule is Nc1c(NCCc2ccccc2)ncnc1N1CCN(c2cccc(Cl)c2)CC1. The Hall–Kier alpha value is -2.99. The third-order valence-electron chi connectivity index (χ3n) is 5.16. The van der Waals surface area contributed by atoms with E-state index in [1.807, 2.05) is 24.3 Å². The number of hydrogen-bond donors (Lipinski definition) is 2. The van der Waals surface area contributed by atoms with E-state index in [1.54, 1.807) is 6.33 Å². The van der Waals surface area contributed by atoms with Crippen LogP contribution in [0.5, 0.6) is 0 Å². The van der Waals surface area contributed by atoms with E-state index in [-0.39, 0.29) is 0 Å². The van der Waals surface area contributed by atoms with E-state index in [0.717, 1.165) is 55.7 Å². The molecule has 29 heavy (non-hydrogen) atoms. The highest BCUT2D eigenvalue weighted by Crippen LogP contribution is 2.28. The number of rotatable bonds is 6. The fourth-order valence-corrected chi connectivity index (χ4v) is 3.78. The molecule has 0 bridgehead atoms. The van der Waals surface area contributed by atoms with Crippen LogP contribution in [0.25, 0.3) is 0 Å². The van der Waals surface area contributed by atoms with Gasteiger partial charge in [0.15, 0.2) is 11.6 Å². The maximum absolute atomic E-state index is 6.40. The molecule has 150 valence electrons. The quantitative estimate of drug-likeness (QED) is 0.648. The number of anilines is 4. The lowest BCUT2D eigenvalue weighted by atomic mass is 10.1. The zero-order valence-corrected chi connectivity index (χ0v) is 17.0. The molecule has 1 aliphatic rings. The van der Waals surface area contributed by atoms with Crippen LogP contribution < -0.4 is 20.9 Å². The number of halogens is 1. The second-order valence-electron chi connectivity index (χ2n) is 7.08. The van der Waals surface area contributed by atoms with Gasteiger partial charge in [-0.3, -0.25) is 0 Å². The van der Waals surface area contributed by atoms with E-state index in [9.17, 15) is 0 Å². The molecule has 0 atom stereocenters. The number of nitrogen functional groups attached to an aromatic ring is 1. The summed E-state index contributed by atoms with van der Waals surface area (Å²) in [6.07, 6.45) is 2.50. The third-order valence-corrected chi connectivity index (χ3v) is 5.40. The highest BCUT2D eigenvalue weighted by atomic mass is 35.5. The first-order valence-corrected chi connectivity index (χ1v) is 10.2. The van der Waals surface area contributed by atoms with Crippen molar-refractivity contribution < 1.29 is 0 Å². The Labute approximate surface area is 176 Å². The first-order chi connectivity index (χ1) is 14.2. The molecule has 3 N–H and O–H groups in total. The highest BCUT2D eigenvalue weighted by molar-refractivity contribution is 6.30. The van der Waals surface area contributed by atoms with Crippen molar-refractivity contribution in [1.29, 1.82) is 0 Å². The van der Waals surface area contributed by atoms with Gasteiger partial charge in [-0.05, 0) is 30.2 Å². The number of nitrogens with zero attached hydrogens (tertiary/aromatic N) is 4. The lowest BCUT2D eigenvalue weighted by Crippen LogP contribution is -2.47. The maximum atomic E-state index is 6.40. The normalized spacial score (nSPS) is 14.1. The molecule has 0 amide bonds. The van der Waals surface area contributed by atoms with Gasteiger partial charge in [0, 0.05) is 43.4 Å². The standard InChI is InChI=1S/C22H25ClN6/c23-18-7-4-8-19(15-18)28-11-13-29(14-12-28)22-20(24)21(26-16-27-22)25-10-9-17-5-2-1-3-6-17/h1-8,15-16H,9-14,24H2,(H,25,26,27). The fraction of sp³-hybridized carbons (Fsp3) is 0.273. The van der Waals surface area contributed by atoms with Gasteiger partial charge in [0.1, 0.15) is 12.0 Å². The molecular weight excluding hydrogens is 384 g/mol. The zero-order valence-electron chi connectivity index (χ0n) is 16.3. The summed E-state index contributed by atoms with van der Waals surface area (Å²) < 4.78 is 0. The summed E-state index contributed by atoms with van der Waals surface area (Å²) in [5, 5.41) is 4.11. The molecule has 1 fully saturated rings. The summed E-state index contributed by atoms with van der Waals surface area (Å²) in [5.74, 6) is 1.50. The van der Waals surface area contributed by atoms with E-state index in [0.29, 0.717) is 11.5 Å². The molecule has 1 aromatic heterocycles. The predicted octanol–water partition coefficient (Wildman–Crippen LogP) is 3.69. The van der Waals surface area contributed by atoms with Crippen molar-refractivity contribution >= 4 is 34.6 Å². The second kappa shape index (κ2) is 9.01. The van der Waals surface area contributed by atoms with Crippen molar-refractivity contribution in [1.82, 2.24) is 9.97 Å². The van der Waals surface area contributed by atoms with Crippen LogP contribution in [0, 0.1) is 0 Å². The van der Waals surface area contributed by atoms with Gasteiger partial charge in [-0.2, -0.15) is 0 Å². The van der Waals surface area contributed by atoms with E-state index >= 15 is 0 Å². The van der Waals surface area contributed by atoms with E-state index in [1.165, 1.54) is 5.56 Å². The number of benzene rings is 2. The van der Waals surface area contributed by atoms with E-state index in [4.69, 9.17) is 17.3 Å². The van der Waals surface area contributed by atoms with Crippen LogP contribution in [0.3, 0.4) is 0 Å². The molecular formula is C22H25ClN6. The number of piperazine rings is 1. The summed E-state index contributed by atoms with van der Waals surface area (Å²) in [5.41, 5.74) is 9.44. The van der Waals surface area contributed by atoms with Crippen molar-refractivity contribution in [2.75, 3.05) is 53.6 Å². The van der Waals surface area contributed by atoms with Crippen molar-refractivity contribution in [3.63, 3.8) is 0 Å². The van der Waals surface area contributed by atoms with Gasteiger partial charge in [-0.1, -0.05) is 48.0 Å². The molecule has 4 rings (SSSR count). The molecule has 0 spiro atoms. The number of nitrogens with two attached hydrogens (primary N) is 1. The second-order valence-corrected chi connectivity index (χ2v) is 7.51. The maximum Gasteiger partial charge on any atom is 0.157 e. The van der Waals surface area contributed by atoms with Crippen LogP contribution in [-0.2, 0) is 6.42 Å². The van der Waals surface area contributed by atoms with E-state index < -0.39 is 0 Å². The summed E-state index contributed by atoms with van der Waals surface area (Å²) >= 11 is 6.13. The van der Waals surface area contributed by atoms with Gasteiger partial charge in [-0.15, -0.1) is 0 Å². The van der Waals surface area contributed by atoms with Crippen LogP contribution in [0.1, 0.15) is 5.56 Å². The van der Waals surface area contributed by atoms with Crippen molar-refractivity contribution in [2.24, 2.45) is 0 Å². The minimum absolute atomic E-state index is 0.608. The smallest absolute Gasteiger partial charge is 0.157 e.